The number of allylic oxidation sites excluding steroid dienone is 1. The lowest BCUT2D eigenvalue weighted by atomic mass is 10.1. The number of hydrogen-bond donors (Lipinski definition) is 2. The first kappa shape index (κ1) is 12.5. The molecule has 5 nitrogen and oxygen atoms in total. The van der Waals surface area contributed by atoms with Gasteiger partial charge in [-0.1, -0.05) is 0 Å². The maximum Gasteiger partial charge on any atom is 0.137 e. The van der Waals surface area contributed by atoms with Gasteiger partial charge >= 0.3 is 0 Å². The van der Waals surface area contributed by atoms with Gasteiger partial charge in [0.2, 0.25) is 0 Å². The van der Waals surface area contributed by atoms with E-state index >= 15 is 0 Å². The summed E-state index contributed by atoms with van der Waals surface area (Å²) in [5.41, 5.74) is 2.60. The molecule has 20 heavy (non-hydrogen) atoms. The molecule has 0 aliphatic heterocycles. The smallest absolute Gasteiger partial charge is 0.137 e. The van der Waals surface area contributed by atoms with Gasteiger partial charge in [-0.2, -0.15) is 5.10 Å². The summed E-state index contributed by atoms with van der Waals surface area (Å²) in [6, 6.07) is 3.99. The molecular formula is C15H16N4O. The maximum absolute atomic E-state index is 8.97. The Bertz CT molecular complexity index is 767. The Morgan fingerprint density at radius 1 is 1.35 bits per heavy atom. The van der Waals surface area contributed by atoms with Crippen LogP contribution in [0.4, 0.5) is 0 Å². The second-order valence-electron chi connectivity index (χ2n) is 5.24. The first-order valence-corrected chi connectivity index (χ1v) is 6.41. The standard InChI is InChI=1S/C15H16N4O/c1-15(2,5-8-20)19-10-11(9-18-19)12-3-6-16-14-13(12)4-7-17-14/h3-10,20H,1-2H3,(H,16,17)/b8-5+. The normalized spacial score (nSPS) is 12.5. The summed E-state index contributed by atoms with van der Waals surface area (Å²) in [5, 5.41) is 14.4. The highest BCUT2D eigenvalue weighted by Crippen LogP contribution is 2.28. The number of aliphatic hydroxyl groups excluding tert-OH is 1. The molecule has 0 spiro atoms. The summed E-state index contributed by atoms with van der Waals surface area (Å²) in [6.07, 6.45) is 10.2. The van der Waals surface area contributed by atoms with Crippen LogP contribution in [0.5, 0.6) is 0 Å². The van der Waals surface area contributed by atoms with Gasteiger partial charge in [-0.25, -0.2) is 4.98 Å². The molecule has 102 valence electrons. The number of aromatic amines is 1. The first-order chi connectivity index (χ1) is 9.62. The van der Waals surface area contributed by atoms with Crippen LogP contribution < -0.4 is 0 Å². The highest BCUT2D eigenvalue weighted by Gasteiger charge is 2.18. The van der Waals surface area contributed by atoms with E-state index in [1.165, 1.54) is 0 Å². The zero-order valence-corrected chi connectivity index (χ0v) is 11.4. The summed E-state index contributed by atoms with van der Waals surface area (Å²) in [5.74, 6) is 0. The van der Waals surface area contributed by atoms with Crippen LogP contribution in [0.3, 0.4) is 0 Å². The van der Waals surface area contributed by atoms with Crippen molar-refractivity contribution in [1.82, 2.24) is 19.7 Å². The van der Waals surface area contributed by atoms with Crippen LogP contribution in [0.2, 0.25) is 0 Å². The molecule has 0 aromatic carbocycles. The number of hydrogen-bond acceptors (Lipinski definition) is 3. The molecule has 2 N–H and O–H groups in total. The third-order valence-corrected chi connectivity index (χ3v) is 3.43. The van der Waals surface area contributed by atoms with E-state index in [4.69, 9.17) is 5.11 Å². The van der Waals surface area contributed by atoms with Gasteiger partial charge < -0.3 is 10.1 Å². The van der Waals surface area contributed by atoms with Gasteiger partial charge in [-0.05, 0) is 37.6 Å². The predicted molar refractivity (Wildman–Crippen MR) is 78.4 cm³/mol. The van der Waals surface area contributed by atoms with Crippen molar-refractivity contribution in [3.63, 3.8) is 0 Å². The van der Waals surface area contributed by atoms with Gasteiger partial charge in [0, 0.05) is 29.5 Å². The van der Waals surface area contributed by atoms with E-state index in [1.54, 1.807) is 12.3 Å². The molecule has 3 aromatic rings. The van der Waals surface area contributed by atoms with Crippen LogP contribution in [-0.4, -0.2) is 24.9 Å². The van der Waals surface area contributed by atoms with Gasteiger partial charge in [-0.15, -0.1) is 0 Å². The Morgan fingerprint density at radius 3 is 3.00 bits per heavy atom. The van der Waals surface area contributed by atoms with Crippen molar-refractivity contribution in [3.05, 3.63) is 49.3 Å². The number of aromatic nitrogens is 4. The fraction of sp³-hybridized carbons (Fsp3) is 0.200. The molecule has 0 saturated carbocycles. The summed E-state index contributed by atoms with van der Waals surface area (Å²) >= 11 is 0. The van der Waals surface area contributed by atoms with E-state index < -0.39 is 0 Å². The van der Waals surface area contributed by atoms with E-state index in [9.17, 15) is 0 Å². The highest BCUT2D eigenvalue weighted by molar-refractivity contribution is 5.92. The lowest BCUT2D eigenvalue weighted by Gasteiger charge is -2.20. The molecule has 0 aliphatic rings. The maximum atomic E-state index is 8.97. The zero-order valence-electron chi connectivity index (χ0n) is 11.4. The third kappa shape index (κ3) is 1.97. The molecule has 0 fully saturated rings. The average Bonchev–Trinajstić information content (AvgIpc) is 3.07. The summed E-state index contributed by atoms with van der Waals surface area (Å²) in [6.45, 7) is 3.96. The molecule has 0 saturated heterocycles. The van der Waals surface area contributed by atoms with E-state index in [0.29, 0.717) is 0 Å². The van der Waals surface area contributed by atoms with Crippen molar-refractivity contribution >= 4 is 11.0 Å². The Morgan fingerprint density at radius 2 is 2.20 bits per heavy atom. The fourth-order valence-corrected chi connectivity index (χ4v) is 2.25. The second-order valence-corrected chi connectivity index (χ2v) is 5.24. The molecule has 0 atom stereocenters. The molecule has 5 heteroatoms. The van der Waals surface area contributed by atoms with Crippen molar-refractivity contribution in [2.24, 2.45) is 0 Å². The molecule has 0 aliphatic carbocycles. The minimum Gasteiger partial charge on any atom is -0.516 e. The Labute approximate surface area is 116 Å². The minimum atomic E-state index is -0.378. The predicted octanol–water partition coefficient (Wildman–Crippen LogP) is 3.23. The monoisotopic (exact) mass is 268 g/mol. The van der Waals surface area contributed by atoms with Gasteiger partial charge in [0.15, 0.2) is 0 Å². The molecule has 0 bridgehead atoms. The second kappa shape index (κ2) is 4.52. The van der Waals surface area contributed by atoms with Gasteiger partial charge in [0.25, 0.3) is 0 Å². The van der Waals surface area contributed by atoms with Crippen molar-refractivity contribution < 1.29 is 5.11 Å². The summed E-state index contributed by atoms with van der Waals surface area (Å²) in [4.78, 5) is 7.39. The molecule has 3 rings (SSSR count). The van der Waals surface area contributed by atoms with Crippen LogP contribution in [-0.2, 0) is 5.54 Å². The lowest BCUT2D eigenvalue weighted by molar-refractivity contribution is 0.386. The highest BCUT2D eigenvalue weighted by atomic mass is 16.2. The van der Waals surface area contributed by atoms with Gasteiger partial charge in [0.05, 0.1) is 18.0 Å². The third-order valence-electron chi connectivity index (χ3n) is 3.43. The van der Waals surface area contributed by atoms with Gasteiger partial charge in [0.1, 0.15) is 5.65 Å². The number of nitrogens with zero attached hydrogens (tertiary/aromatic N) is 3. The molecule has 0 amide bonds. The fourth-order valence-electron chi connectivity index (χ4n) is 2.25. The van der Waals surface area contributed by atoms with E-state index in [-0.39, 0.29) is 5.54 Å². The quantitative estimate of drug-likeness (QED) is 0.717. The van der Waals surface area contributed by atoms with E-state index in [1.807, 2.05) is 49.3 Å². The van der Waals surface area contributed by atoms with Crippen LogP contribution in [0.25, 0.3) is 22.2 Å². The molecule has 3 aromatic heterocycles. The molecule has 0 unspecified atom stereocenters. The summed E-state index contributed by atoms with van der Waals surface area (Å²) < 4.78 is 1.83. The summed E-state index contributed by atoms with van der Waals surface area (Å²) in [7, 11) is 0. The number of rotatable bonds is 3. The number of fused-ring (bicyclic) bond motifs is 1. The number of aliphatic hydroxyl groups is 1. The van der Waals surface area contributed by atoms with Gasteiger partial charge in [-0.3, -0.25) is 4.68 Å². The van der Waals surface area contributed by atoms with Crippen LogP contribution in [0.1, 0.15) is 13.8 Å². The van der Waals surface area contributed by atoms with Crippen molar-refractivity contribution in [3.8, 4) is 11.1 Å². The Balaban J connectivity index is 2.08. The Kier molecular flexibility index (Phi) is 2.82. The first-order valence-electron chi connectivity index (χ1n) is 6.41. The van der Waals surface area contributed by atoms with Crippen LogP contribution in [0, 0.1) is 0 Å². The topological polar surface area (TPSA) is 66.7 Å². The van der Waals surface area contributed by atoms with Crippen molar-refractivity contribution in [2.75, 3.05) is 0 Å². The van der Waals surface area contributed by atoms with Crippen LogP contribution >= 0.6 is 0 Å². The Hall–Kier alpha value is -2.56. The van der Waals surface area contributed by atoms with E-state index in [0.717, 1.165) is 28.4 Å². The number of pyridine rings is 1. The minimum absolute atomic E-state index is 0.378. The number of nitrogens with one attached hydrogen (secondary N) is 1. The van der Waals surface area contributed by atoms with Crippen molar-refractivity contribution in [2.45, 2.75) is 19.4 Å². The molecule has 0 radical (unpaired) electrons. The average molecular weight is 268 g/mol. The largest absolute Gasteiger partial charge is 0.516 e. The van der Waals surface area contributed by atoms with Crippen LogP contribution in [0.15, 0.2) is 49.3 Å². The van der Waals surface area contributed by atoms with E-state index in [2.05, 4.69) is 15.1 Å². The zero-order chi connectivity index (χ0) is 14.2. The molecule has 3 heterocycles. The number of H-pyrrole nitrogens is 1. The lowest BCUT2D eigenvalue weighted by Crippen LogP contribution is -2.23. The SMILES string of the molecule is CC(C)(/C=C/O)n1cc(-c2ccnc3[nH]ccc23)cn1. The molecular weight excluding hydrogens is 252 g/mol. The van der Waals surface area contributed by atoms with Crippen molar-refractivity contribution in [1.29, 1.82) is 0 Å².